The summed E-state index contributed by atoms with van der Waals surface area (Å²) in [5.41, 5.74) is 4.05. The quantitative estimate of drug-likeness (QED) is 0.403. The molecule has 124 valence electrons. The lowest BCUT2D eigenvalue weighted by atomic mass is 10.1. The molecule has 25 heavy (non-hydrogen) atoms. The van der Waals surface area contributed by atoms with Crippen LogP contribution in [0.5, 0.6) is 0 Å². The van der Waals surface area contributed by atoms with E-state index in [1.165, 1.54) is 5.56 Å². The van der Waals surface area contributed by atoms with Gasteiger partial charge in [0.25, 0.3) is 0 Å². The summed E-state index contributed by atoms with van der Waals surface area (Å²) in [7, 11) is 0. The Hall–Kier alpha value is -2.01. The summed E-state index contributed by atoms with van der Waals surface area (Å²) < 4.78 is 1.85. The van der Waals surface area contributed by atoms with Crippen LogP contribution in [0.4, 0.5) is 0 Å². The van der Waals surface area contributed by atoms with Crippen LogP contribution in [0.25, 0.3) is 16.8 Å². The third-order valence-corrected chi connectivity index (χ3v) is 5.32. The Morgan fingerprint density at radius 3 is 2.60 bits per heavy atom. The van der Waals surface area contributed by atoms with E-state index in [1.54, 1.807) is 18.0 Å². The highest BCUT2D eigenvalue weighted by Crippen LogP contribution is 2.29. The first-order chi connectivity index (χ1) is 12.2. The fourth-order valence-electron chi connectivity index (χ4n) is 2.53. The summed E-state index contributed by atoms with van der Waals surface area (Å²) in [6.07, 6.45) is 3.63. The van der Waals surface area contributed by atoms with Gasteiger partial charge in [0.05, 0.1) is 11.2 Å². The molecule has 2 heterocycles. The number of halogens is 2. The largest absolute Gasteiger partial charge is 0.246 e. The maximum Gasteiger partial charge on any atom is 0.122 e. The van der Waals surface area contributed by atoms with Crippen LogP contribution >= 0.6 is 35.0 Å². The van der Waals surface area contributed by atoms with Crippen LogP contribution in [0.15, 0.2) is 72.0 Å². The zero-order valence-electron chi connectivity index (χ0n) is 13.1. The smallest absolute Gasteiger partial charge is 0.122 e. The van der Waals surface area contributed by atoms with Crippen LogP contribution in [-0.4, -0.2) is 14.6 Å². The predicted octanol–water partition coefficient (Wildman–Crippen LogP) is 6.00. The van der Waals surface area contributed by atoms with Gasteiger partial charge in [0.1, 0.15) is 5.03 Å². The molecule has 0 radical (unpaired) electrons. The van der Waals surface area contributed by atoms with Crippen LogP contribution < -0.4 is 0 Å². The fourth-order valence-corrected chi connectivity index (χ4v) is 3.78. The van der Waals surface area contributed by atoms with E-state index in [-0.39, 0.29) is 0 Å². The minimum absolute atomic E-state index is 0.699. The summed E-state index contributed by atoms with van der Waals surface area (Å²) in [5, 5.41) is 7.03. The van der Waals surface area contributed by atoms with Gasteiger partial charge >= 0.3 is 0 Å². The monoisotopic (exact) mass is 385 g/mol. The molecule has 4 aromatic rings. The maximum absolute atomic E-state index is 6.09. The maximum atomic E-state index is 6.09. The standard InChI is InChI=1S/C19H13Cl2N3S/c20-15-6-4-13(5-7-15)12-25-19-18-11-17(23-24(18)9-8-22-19)14-2-1-3-16(21)10-14/h1-11H,12H2. The van der Waals surface area contributed by atoms with Gasteiger partial charge in [-0.05, 0) is 35.9 Å². The molecule has 2 aromatic heterocycles. The number of hydrogen-bond donors (Lipinski definition) is 0. The Morgan fingerprint density at radius 2 is 1.80 bits per heavy atom. The predicted molar refractivity (Wildman–Crippen MR) is 104 cm³/mol. The van der Waals surface area contributed by atoms with Gasteiger partial charge in [-0.1, -0.05) is 59.2 Å². The lowest BCUT2D eigenvalue weighted by Crippen LogP contribution is -1.91. The fraction of sp³-hybridized carbons (Fsp3) is 0.0526. The molecule has 3 nitrogen and oxygen atoms in total. The van der Waals surface area contributed by atoms with E-state index < -0.39 is 0 Å². The molecule has 0 fully saturated rings. The molecule has 0 aliphatic heterocycles. The van der Waals surface area contributed by atoms with Gasteiger partial charge in [-0.25, -0.2) is 9.50 Å². The SMILES string of the molecule is Clc1ccc(CSc2nccn3nc(-c4cccc(Cl)c4)cc23)cc1. The molecule has 4 rings (SSSR count). The van der Waals surface area contributed by atoms with Crippen LogP contribution in [0.3, 0.4) is 0 Å². The minimum Gasteiger partial charge on any atom is -0.246 e. The zero-order chi connectivity index (χ0) is 17.2. The van der Waals surface area contributed by atoms with Gasteiger partial charge in [0, 0.05) is 33.8 Å². The summed E-state index contributed by atoms with van der Waals surface area (Å²) >= 11 is 13.7. The van der Waals surface area contributed by atoms with Gasteiger partial charge in [0.15, 0.2) is 0 Å². The van der Waals surface area contributed by atoms with Gasteiger partial charge in [0.2, 0.25) is 0 Å². The Balaban J connectivity index is 1.64. The molecule has 0 spiro atoms. The number of thioether (sulfide) groups is 1. The topological polar surface area (TPSA) is 30.2 Å². The summed E-state index contributed by atoms with van der Waals surface area (Å²) in [4.78, 5) is 4.51. The molecule has 2 aromatic carbocycles. The number of rotatable bonds is 4. The molecule has 0 aliphatic rings. The van der Waals surface area contributed by atoms with Crippen molar-refractivity contribution in [3.05, 3.63) is 82.6 Å². The molecule has 0 unspecified atom stereocenters. The van der Waals surface area contributed by atoms with E-state index >= 15 is 0 Å². The van der Waals surface area contributed by atoms with E-state index in [0.717, 1.165) is 32.6 Å². The Labute approximate surface area is 159 Å². The van der Waals surface area contributed by atoms with Crippen molar-refractivity contribution in [2.45, 2.75) is 10.8 Å². The van der Waals surface area contributed by atoms with Crippen LogP contribution in [0.1, 0.15) is 5.56 Å². The van der Waals surface area contributed by atoms with E-state index in [1.807, 2.05) is 65.3 Å². The second-order valence-corrected chi connectivity index (χ2v) is 7.35. The second kappa shape index (κ2) is 7.08. The van der Waals surface area contributed by atoms with Crippen molar-refractivity contribution in [3.63, 3.8) is 0 Å². The minimum atomic E-state index is 0.699. The lowest BCUT2D eigenvalue weighted by molar-refractivity contribution is 0.920. The highest BCUT2D eigenvalue weighted by atomic mass is 35.5. The summed E-state index contributed by atoms with van der Waals surface area (Å²) in [6.45, 7) is 0. The van der Waals surface area contributed by atoms with Crippen molar-refractivity contribution in [2.24, 2.45) is 0 Å². The first-order valence-electron chi connectivity index (χ1n) is 7.66. The first kappa shape index (κ1) is 16.5. The van der Waals surface area contributed by atoms with Gasteiger partial charge in [-0.15, -0.1) is 0 Å². The third-order valence-electron chi connectivity index (χ3n) is 3.76. The molecule has 0 saturated heterocycles. The lowest BCUT2D eigenvalue weighted by Gasteiger charge is -2.03. The first-order valence-corrected chi connectivity index (χ1v) is 9.41. The molecule has 0 amide bonds. The average Bonchev–Trinajstić information content (AvgIpc) is 3.06. The number of benzene rings is 2. The average molecular weight is 386 g/mol. The van der Waals surface area contributed by atoms with Crippen molar-refractivity contribution < 1.29 is 0 Å². The molecule has 0 aliphatic carbocycles. The Kier molecular flexibility index (Phi) is 4.66. The molecule has 0 bridgehead atoms. The zero-order valence-corrected chi connectivity index (χ0v) is 15.4. The van der Waals surface area contributed by atoms with Crippen molar-refractivity contribution >= 4 is 40.5 Å². The Morgan fingerprint density at radius 1 is 0.960 bits per heavy atom. The van der Waals surface area contributed by atoms with E-state index in [4.69, 9.17) is 23.2 Å². The van der Waals surface area contributed by atoms with Crippen molar-refractivity contribution in [2.75, 3.05) is 0 Å². The van der Waals surface area contributed by atoms with Crippen molar-refractivity contribution in [1.82, 2.24) is 14.6 Å². The third kappa shape index (κ3) is 3.66. The Bertz CT molecular complexity index is 1030. The van der Waals surface area contributed by atoms with Crippen LogP contribution in [0, 0.1) is 0 Å². The normalized spacial score (nSPS) is 11.1. The number of nitrogens with zero attached hydrogens (tertiary/aromatic N) is 3. The van der Waals surface area contributed by atoms with E-state index in [0.29, 0.717) is 5.02 Å². The molecule has 0 saturated carbocycles. The second-order valence-electron chi connectivity index (χ2n) is 5.52. The van der Waals surface area contributed by atoms with Crippen molar-refractivity contribution in [3.8, 4) is 11.3 Å². The number of hydrogen-bond acceptors (Lipinski definition) is 3. The molecule has 0 atom stereocenters. The molecule has 6 heteroatoms. The molecule has 0 N–H and O–H groups in total. The van der Waals surface area contributed by atoms with Crippen molar-refractivity contribution in [1.29, 1.82) is 0 Å². The van der Waals surface area contributed by atoms with Crippen LogP contribution in [0.2, 0.25) is 10.0 Å². The summed E-state index contributed by atoms with van der Waals surface area (Å²) in [5.74, 6) is 0.821. The number of aromatic nitrogens is 3. The molecular weight excluding hydrogens is 373 g/mol. The highest BCUT2D eigenvalue weighted by Gasteiger charge is 2.10. The van der Waals surface area contributed by atoms with E-state index in [9.17, 15) is 0 Å². The molecular formula is C19H13Cl2N3S. The van der Waals surface area contributed by atoms with Crippen LogP contribution in [-0.2, 0) is 5.75 Å². The summed E-state index contributed by atoms with van der Waals surface area (Å²) in [6, 6.07) is 17.6. The van der Waals surface area contributed by atoms with Gasteiger partial charge < -0.3 is 0 Å². The van der Waals surface area contributed by atoms with Gasteiger partial charge in [-0.3, -0.25) is 0 Å². The highest BCUT2D eigenvalue weighted by molar-refractivity contribution is 7.98. The van der Waals surface area contributed by atoms with Gasteiger partial charge in [-0.2, -0.15) is 5.10 Å². The van der Waals surface area contributed by atoms with E-state index in [2.05, 4.69) is 10.1 Å². The number of fused-ring (bicyclic) bond motifs is 1.